The number of aryl methyl sites for hydroxylation is 1. The molecule has 0 saturated carbocycles. The summed E-state index contributed by atoms with van der Waals surface area (Å²) < 4.78 is 25.8. The van der Waals surface area contributed by atoms with Crippen LogP contribution >= 0.6 is 0 Å². The summed E-state index contributed by atoms with van der Waals surface area (Å²) in [5, 5.41) is 0.762. The molecule has 4 nitrogen and oxygen atoms in total. The molecule has 1 heterocycles. The van der Waals surface area contributed by atoms with E-state index in [1.165, 1.54) is 0 Å². The fraction of sp³-hybridized carbons (Fsp3) is 0.273. The molecule has 0 bridgehead atoms. The van der Waals surface area contributed by atoms with Crippen molar-refractivity contribution in [1.82, 2.24) is 4.57 Å². The molecule has 0 saturated heterocycles. The van der Waals surface area contributed by atoms with Crippen molar-refractivity contribution in [1.29, 1.82) is 0 Å². The molecule has 0 aliphatic carbocycles. The normalized spacial score (nSPS) is 12.1. The first-order valence-corrected chi connectivity index (χ1v) is 6.68. The molecule has 0 fully saturated rings. The largest absolute Gasteiger partial charge is 0.349 e. The van der Waals surface area contributed by atoms with Gasteiger partial charge >= 0.3 is 0 Å². The molecular weight excluding hydrogens is 224 g/mol. The smallest absolute Gasteiger partial charge is 0.181 e. The third-order valence-corrected chi connectivity index (χ3v) is 4.35. The van der Waals surface area contributed by atoms with Gasteiger partial charge in [0.1, 0.15) is 0 Å². The lowest BCUT2D eigenvalue weighted by Gasteiger charge is -1.99. The van der Waals surface area contributed by atoms with E-state index in [1.54, 1.807) is 6.20 Å². The van der Waals surface area contributed by atoms with E-state index in [9.17, 15) is 8.42 Å². The van der Waals surface area contributed by atoms with Gasteiger partial charge in [0.05, 0.1) is 10.6 Å². The Morgan fingerprint density at radius 2 is 2.00 bits per heavy atom. The van der Waals surface area contributed by atoms with Gasteiger partial charge in [-0.15, -0.1) is 0 Å². The Morgan fingerprint density at radius 3 is 2.69 bits per heavy atom. The molecular formula is C11H14N2O2S. The molecule has 16 heavy (non-hydrogen) atoms. The zero-order valence-corrected chi connectivity index (χ0v) is 9.87. The molecule has 1 aromatic heterocycles. The van der Waals surface area contributed by atoms with Gasteiger partial charge in [-0.3, -0.25) is 0 Å². The minimum atomic E-state index is -3.26. The summed E-state index contributed by atoms with van der Waals surface area (Å²) in [6, 6.07) is 7.45. The van der Waals surface area contributed by atoms with Gasteiger partial charge in [0.2, 0.25) is 0 Å². The topological polar surface area (TPSA) is 65.1 Å². The van der Waals surface area contributed by atoms with Crippen molar-refractivity contribution in [2.75, 3.05) is 12.3 Å². The highest BCUT2D eigenvalue weighted by molar-refractivity contribution is 7.91. The van der Waals surface area contributed by atoms with Gasteiger partial charge in [-0.25, -0.2) is 8.42 Å². The first kappa shape index (κ1) is 11.2. The second-order valence-electron chi connectivity index (χ2n) is 3.73. The first-order chi connectivity index (χ1) is 7.56. The van der Waals surface area contributed by atoms with Crippen LogP contribution in [0.1, 0.15) is 0 Å². The second kappa shape index (κ2) is 3.92. The van der Waals surface area contributed by atoms with Crippen LogP contribution in [-0.2, 0) is 16.9 Å². The van der Waals surface area contributed by atoms with Crippen LogP contribution in [0.5, 0.6) is 0 Å². The number of nitrogens with two attached hydrogens (primary N) is 1. The lowest BCUT2D eigenvalue weighted by Crippen LogP contribution is -2.15. The van der Waals surface area contributed by atoms with E-state index in [2.05, 4.69) is 0 Å². The maximum absolute atomic E-state index is 12.0. The zero-order valence-electron chi connectivity index (χ0n) is 9.05. The predicted molar refractivity (Wildman–Crippen MR) is 64.0 cm³/mol. The van der Waals surface area contributed by atoms with Crippen molar-refractivity contribution < 1.29 is 8.42 Å². The molecule has 0 radical (unpaired) electrons. The van der Waals surface area contributed by atoms with Gasteiger partial charge in [0.15, 0.2) is 9.84 Å². The van der Waals surface area contributed by atoms with Crippen molar-refractivity contribution in [2.45, 2.75) is 4.90 Å². The fourth-order valence-corrected chi connectivity index (χ4v) is 3.17. The number of aromatic nitrogens is 1. The van der Waals surface area contributed by atoms with E-state index in [4.69, 9.17) is 5.73 Å². The highest BCUT2D eigenvalue weighted by Gasteiger charge is 2.18. The van der Waals surface area contributed by atoms with E-state index in [0.717, 1.165) is 10.9 Å². The van der Waals surface area contributed by atoms with E-state index in [-0.39, 0.29) is 12.3 Å². The third kappa shape index (κ3) is 1.72. The quantitative estimate of drug-likeness (QED) is 0.864. The highest BCUT2D eigenvalue weighted by atomic mass is 32.2. The maximum Gasteiger partial charge on any atom is 0.181 e. The number of hydrogen-bond acceptors (Lipinski definition) is 3. The molecule has 5 heteroatoms. The summed E-state index contributed by atoms with van der Waals surface area (Å²) in [5.74, 6) is -0.0129. The van der Waals surface area contributed by atoms with Gasteiger partial charge in [0, 0.05) is 30.7 Å². The minimum Gasteiger partial charge on any atom is -0.349 e. The van der Waals surface area contributed by atoms with Crippen molar-refractivity contribution in [2.24, 2.45) is 12.8 Å². The standard InChI is InChI=1S/C11H14N2O2S/c1-13-8-11(16(14,15)7-6-12)9-4-2-3-5-10(9)13/h2-5,8H,6-7,12H2,1H3. The van der Waals surface area contributed by atoms with E-state index >= 15 is 0 Å². The molecule has 2 aromatic rings. The van der Waals surface area contributed by atoms with Gasteiger partial charge in [-0.05, 0) is 6.07 Å². The molecule has 0 atom stereocenters. The number of hydrogen-bond donors (Lipinski definition) is 1. The zero-order chi connectivity index (χ0) is 11.8. The Balaban J connectivity index is 2.71. The molecule has 0 unspecified atom stereocenters. The van der Waals surface area contributed by atoms with Crippen LogP contribution in [0.15, 0.2) is 35.4 Å². The van der Waals surface area contributed by atoms with Crippen LogP contribution in [0.4, 0.5) is 0 Å². The molecule has 1 aromatic carbocycles. The fourth-order valence-electron chi connectivity index (χ4n) is 1.82. The minimum absolute atomic E-state index is 0.0129. The molecule has 0 aliphatic heterocycles. The van der Waals surface area contributed by atoms with Gasteiger partial charge in [0.25, 0.3) is 0 Å². The monoisotopic (exact) mass is 238 g/mol. The average molecular weight is 238 g/mol. The molecule has 0 amide bonds. The number of para-hydroxylation sites is 1. The summed E-state index contributed by atoms with van der Waals surface area (Å²) in [6.07, 6.45) is 1.65. The number of nitrogens with zero attached hydrogens (tertiary/aromatic N) is 1. The van der Waals surface area contributed by atoms with Crippen LogP contribution < -0.4 is 5.73 Å². The van der Waals surface area contributed by atoms with Gasteiger partial charge < -0.3 is 10.3 Å². The van der Waals surface area contributed by atoms with E-state index in [1.807, 2.05) is 35.9 Å². The third-order valence-electron chi connectivity index (χ3n) is 2.58. The summed E-state index contributed by atoms with van der Waals surface area (Å²) in [7, 11) is -1.42. The number of sulfone groups is 1. The van der Waals surface area contributed by atoms with Gasteiger partial charge in [-0.2, -0.15) is 0 Å². The first-order valence-electron chi connectivity index (χ1n) is 5.03. The number of rotatable bonds is 3. The second-order valence-corrected chi connectivity index (χ2v) is 5.81. The molecule has 86 valence electrons. The molecule has 0 spiro atoms. The Kier molecular flexibility index (Phi) is 2.73. The van der Waals surface area contributed by atoms with Crippen LogP contribution in [0.3, 0.4) is 0 Å². The van der Waals surface area contributed by atoms with Crippen LogP contribution in [0, 0.1) is 0 Å². The Labute approximate surface area is 94.6 Å². The summed E-state index contributed by atoms with van der Waals surface area (Å²) in [5.41, 5.74) is 6.23. The Morgan fingerprint density at radius 1 is 1.31 bits per heavy atom. The highest BCUT2D eigenvalue weighted by Crippen LogP contribution is 2.25. The number of benzene rings is 1. The summed E-state index contributed by atoms with van der Waals surface area (Å²) in [4.78, 5) is 0.371. The van der Waals surface area contributed by atoms with Crippen LogP contribution in [0.25, 0.3) is 10.9 Å². The summed E-state index contributed by atoms with van der Waals surface area (Å²) in [6.45, 7) is 0.144. The van der Waals surface area contributed by atoms with Crippen LogP contribution in [-0.4, -0.2) is 25.3 Å². The lowest BCUT2D eigenvalue weighted by atomic mass is 10.2. The predicted octanol–water partition coefficient (Wildman–Crippen LogP) is 0.911. The van der Waals surface area contributed by atoms with Crippen molar-refractivity contribution in [3.8, 4) is 0 Å². The molecule has 2 N–H and O–H groups in total. The summed E-state index contributed by atoms with van der Waals surface area (Å²) >= 11 is 0. The average Bonchev–Trinajstić information content (AvgIpc) is 2.58. The lowest BCUT2D eigenvalue weighted by molar-refractivity contribution is 0.596. The maximum atomic E-state index is 12.0. The molecule has 0 aliphatic rings. The Bertz CT molecular complexity index is 614. The Hall–Kier alpha value is -1.33. The molecule has 2 rings (SSSR count). The van der Waals surface area contributed by atoms with Crippen molar-refractivity contribution >= 4 is 20.7 Å². The van der Waals surface area contributed by atoms with Gasteiger partial charge in [-0.1, -0.05) is 18.2 Å². The van der Waals surface area contributed by atoms with Crippen molar-refractivity contribution in [3.05, 3.63) is 30.5 Å². The van der Waals surface area contributed by atoms with E-state index in [0.29, 0.717) is 4.90 Å². The SMILES string of the molecule is Cn1cc(S(=O)(=O)CCN)c2ccccc21. The van der Waals surface area contributed by atoms with E-state index < -0.39 is 9.84 Å². The van der Waals surface area contributed by atoms with Crippen LogP contribution in [0.2, 0.25) is 0 Å². The number of fused-ring (bicyclic) bond motifs is 1. The van der Waals surface area contributed by atoms with Crippen molar-refractivity contribution in [3.63, 3.8) is 0 Å².